The molecule has 0 bridgehead atoms. The first-order valence-corrected chi connectivity index (χ1v) is 7.10. The lowest BCUT2D eigenvalue weighted by atomic mass is 10.1. The van der Waals surface area contributed by atoms with E-state index >= 15 is 0 Å². The number of nitrogen functional groups attached to an aromatic ring is 1. The number of nitro groups is 1. The molecule has 0 saturated carbocycles. The van der Waals surface area contributed by atoms with E-state index in [1.807, 2.05) is 30.3 Å². The zero-order valence-corrected chi connectivity index (χ0v) is 12.5. The number of hydrogen-bond donors (Lipinski definition) is 1. The Balaban J connectivity index is 1.80. The second-order valence-electron chi connectivity index (χ2n) is 5.10. The topological polar surface area (TPSA) is 108 Å². The van der Waals surface area contributed by atoms with E-state index in [2.05, 4.69) is 4.98 Å². The van der Waals surface area contributed by atoms with Crippen LogP contribution in [-0.4, -0.2) is 15.9 Å². The van der Waals surface area contributed by atoms with Gasteiger partial charge in [0.15, 0.2) is 0 Å². The van der Waals surface area contributed by atoms with E-state index in [1.165, 1.54) is 12.1 Å². The minimum absolute atomic E-state index is 0.00481. The minimum atomic E-state index is -0.661. The first-order valence-electron chi connectivity index (χ1n) is 7.10. The smallest absolute Gasteiger partial charge is 0.338 e. The van der Waals surface area contributed by atoms with Crippen molar-refractivity contribution in [3.8, 4) is 0 Å². The maximum Gasteiger partial charge on any atom is 0.338 e. The monoisotopic (exact) mass is 323 g/mol. The molecule has 0 unspecified atom stereocenters. The number of para-hydroxylation sites is 1. The maximum atomic E-state index is 12.1. The molecule has 7 heteroatoms. The molecule has 0 aliphatic carbocycles. The van der Waals surface area contributed by atoms with Gasteiger partial charge in [-0.2, -0.15) is 0 Å². The molecule has 0 aliphatic heterocycles. The summed E-state index contributed by atoms with van der Waals surface area (Å²) in [4.78, 5) is 26.7. The summed E-state index contributed by atoms with van der Waals surface area (Å²) in [6.07, 6.45) is 1.66. The summed E-state index contributed by atoms with van der Waals surface area (Å²) in [6.45, 7) is 0.0192. The van der Waals surface area contributed by atoms with Gasteiger partial charge >= 0.3 is 5.97 Å². The number of nitrogens with two attached hydrogens (primary N) is 1. The van der Waals surface area contributed by atoms with Gasteiger partial charge in [-0.05, 0) is 18.2 Å². The number of nitro benzene ring substituents is 1. The summed E-state index contributed by atoms with van der Waals surface area (Å²) in [6, 6.07) is 13.1. The van der Waals surface area contributed by atoms with Gasteiger partial charge in [0.25, 0.3) is 5.69 Å². The number of aromatic nitrogens is 1. The molecule has 0 spiro atoms. The van der Waals surface area contributed by atoms with Crippen LogP contribution in [0.4, 0.5) is 11.4 Å². The molecule has 2 aromatic carbocycles. The molecule has 1 heterocycles. The van der Waals surface area contributed by atoms with Crippen molar-refractivity contribution in [2.24, 2.45) is 0 Å². The Bertz CT molecular complexity index is 935. The van der Waals surface area contributed by atoms with Gasteiger partial charge in [0.2, 0.25) is 0 Å². The minimum Gasteiger partial charge on any atom is -0.457 e. The number of nitrogens with zero attached hydrogens (tertiary/aromatic N) is 2. The van der Waals surface area contributed by atoms with Crippen molar-refractivity contribution in [1.82, 2.24) is 4.98 Å². The highest BCUT2D eigenvalue weighted by atomic mass is 16.6. The van der Waals surface area contributed by atoms with Crippen LogP contribution in [0.25, 0.3) is 10.9 Å². The van der Waals surface area contributed by atoms with Crippen molar-refractivity contribution < 1.29 is 14.5 Å². The Hall–Kier alpha value is -3.48. The molecule has 1 aromatic heterocycles. The molecule has 3 aromatic rings. The molecule has 24 heavy (non-hydrogen) atoms. The van der Waals surface area contributed by atoms with Crippen LogP contribution in [0.15, 0.2) is 54.7 Å². The SMILES string of the molecule is Nc1ccc(C(=O)OCc2cccc3cccnc23)cc1[N+](=O)[O-]. The number of anilines is 1. The number of ether oxygens (including phenoxy) is 1. The molecule has 120 valence electrons. The molecule has 0 aliphatic rings. The fourth-order valence-corrected chi connectivity index (χ4v) is 2.34. The Morgan fingerprint density at radius 2 is 2.00 bits per heavy atom. The van der Waals surface area contributed by atoms with E-state index in [-0.39, 0.29) is 23.5 Å². The van der Waals surface area contributed by atoms with Crippen LogP contribution in [-0.2, 0) is 11.3 Å². The second kappa shape index (κ2) is 6.33. The third-order valence-electron chi connectivity index (χ3n) is 3.54. The highest BCUT2D eigenvalue weighted by molar-refractivity contribution is 5.91. The van der Waals surface area contributed by atoms with Crippen LogP contribution in [0.3, 0.4) is 0 Å². The van der Waals surface area contributed by atoms with Gasteiger partial charge in [-0.1, -0.05) is 24.3 Å². The zero-order valence-electron chi connectivity index (χ0n) is 12.5. The third kappa shape index (κ3) is 3.00. The van der Waals surface area contributed by atoms with Crippen LogP contribution in [0.1, 0.15) is 15.9 Å². The molecule has 0 atom stereocenters. The van der Waals surface area contributed by atoms with E-state index in [0.29, 0.717) is 0 Å². The van der Waals surface area contributed by atoms with Crippen molar-refractivity contribution in [3.63, 3.8) is 0 Å². The van der Waals surface area contributed by atoms with Crippen molar-refractivity contribution in [2.75, 3.05) is 5.73 Å². The van der Waals surface area contributed by atoms with Crippen molar-refractivity contribution in [2.45, 2.75) is 6.61 Å². The summed E-state index contributed by atoms with van der Waals surface area (Å²) < 4.78 is 5.25. The largest absolute Gasteiger partial charge is 0.457 e. The van der Waals surface area contributed by atoms with Crippen LogP contribution in [0, 0.1) is 10.1 Å². The summed E-state index contributed by atoms with van der Waals surface area (Å²) in [5.41, 5.74) is 6.76. The fraction of sp³-hybridized carbons (Fsp3) is 0.0588. The summed E-state index contributed by atoms with van der Waals surface area (Å²) in [5, 5.41) is 11.8. The average Bonchev–Trinajstić information content (AvgIpc) is 2.59. The van der Waals surface area contributed by atoms with Crippen LogP contribution in [0.5, 0.6) is 0 Å². The van der Waals surface area contributed by atoms with E-state index < -0.39 is 10.9 Å². The Morgan fingerprint density at radius 1 is 1.21 bits per heavy atom. The highest BCUT2D eigenvalue weighted by Crippen LogP contribution is 2.23. The molecule has 2 N–H and O–H groups in total. The first kappa shape index (κ1) is 15.4. The van der Waals surface area contributed by atoms with Crippen molar-refractivity contribution in [3.05, 3.63) is 76.0 Å². The van der Waals surface area contributed by atoms with Crippen LogP contribution in [0.2, 0.25) is 0 Å². The summed E-state index contributed by atoms with van der Waals surface area (Å²) >= 11 is 0. The Labute approximate surface area is 136 Å². The van der Waals surface area contributed by atoms with Gasteiger partial charge in [0.1, 0.15) is 12.3 Å². The van der Waals surface area contributed by atoms with E-state index in [4.69, 9.17) is 10.5 Å². The second-order valence-corrected chi connectivity index (χ2v) is 5.10. The molecular weight excluding hydrogens is 310 g/mol. The van der Waals surface area contributed by atoms with Gasteiger partial charge in [0.05, 0.1) is 16.0 Å². The van der Waals surface area contributed by atoms with E-state index in [1.54, 1.807) is 6.20 Å². The Morgan fingerprint density at radius 3 is 2.79 bits per heavy atom. The average molecular weight is 323 g/mol. The molecule has 0 fully saturated rings. The van der Waals surface area contributed by atoms with Gasteiger partial charge in [-0.25, -0.2) is 4.79 Å². The lowest BCUT2D eigenvalue weighted by molar-refractivity contribution is -0.383. The number of hydrogen-bond acceptors (Lipinski definition) is 6. The van der Waals surface area contributed by atoms with Gasteiger partial charge < -0.3 is 10.5 Å². The van der Waals surface area contributed by atoms with Crippen molar-refractivity contribution in [1.29, 1.82) is 0 Å². The highest BCUT2D eigenvalue weighted by Gasteiger charge is 2.17. The molecule has 7 nitrogen and oxygen atoms in total. The Kier molecular flexibility index (Phi) is 4.07. The molecular formula is C17H13N3O4. The van der Waals surface area contributed by atoms with Crippen LogP contribution < -0.4 is 5.73 Å². The normalized spacial score (nSPS) is 10.5. The van der Waals surface area contributed by atoms with Gasteiger partial charge in [0, 0.05) is 23.2 Å². The summed E-state index contributed by atoms with van der Waals surface area (Å²) in [5.74, 6) is -0.661. The number of fused-ring (bicyclic) bond motifs is 1. The standard InChI is InChI=1S/C17H13N3O4/c18-14-7-6-12(9-15(14)20(22)23)17(21)24-10-13-4-1-3-11-5-2-8-19-16(11)13/h1-9H,10,18H2. The number of pyridine rings is 1. The predicted molar refractivity (Wildman–Crippen MR) is 88.4 cm³/mol. The van der Waals surface area contributed by atoms with Crippen molar-refractivity contribution >= 4 is 28.2 Å². The number of esters is 1. The van der Waals surface area contributed by atoms with Gasteiger partial charge in [-0.15, -0.1) is 0 Å². The maximum absolute atomic E-state index is 12.1. The first-order chi connectivity index (χ1) is 11.6. The molecule has 0 amide bonds. The fourth-order valence-electron chi connectivity index (χ4n) is 2.34. The third-order valence-corrected chi connectivity index (χ3v) is 3.54. The lowest BCUT2D eigenvalue weighted by Crippen LogP contribution is -2.07. The number of carbonyl (C=O) groups excluding carboxylic acids is 1. The molecule has 0 radical (unpaired) electrons. The number of rotatable bonds is 4. The number of benzene rings is 2. The summed E-state index contributed by atoms with van der Waals surface area (Å²) in [7, 11) is 0. The molecule has 3 rings (SSSR count). The number of carbonyl (C=O) groups is 1. The predicted octanol–water partition coefficient (Wildman–Crippen LogP) is 3.08. The lowest BCUT2D eigenvalue weighted by Gasteiger charge is -2.08. The van der Waals surface area contributed by atoms with Gasteiger partial charge in [-0.3, -0.25) is 15.1 Å². The van der Waals surface area contributed by atoms with Crippen LogP contribution >= 0.6 is 0 Å². The molecule has 0 saturated heterocycles. The van der Waals surface area contributed by atoms with E-state index in [9.17, 15) is 14.9 Å². The zero-order chi connectivity index (χ0) is 17.1. The van der Waals surface area contributed by atoms with E-state index in [0.717, 1.165) is 22.5 Å². The quantitative estimate of drug-likeness (QED) is 0.342.